The van der Waals surface area contributed by atoms with Crippen LogP contribution in [0.2, 0.25) is 0 Å². The lowest BCUT2D eigenvalue weighted by Crippen LogP contribution is -2.33. The zero-order valence-corrected chi connectivity index (χ0v) is 18.2. The van der Waals surface area contributed by atoms with E-state index in [1.807, 2.05) is 36.4 Å². The molecule has 3 aromatic rings. The third-order valence-corrected chi connectivity index (χ3v) is 5.62. The first-order valence-corrected chi connectivity index (χ1v) is 10.8. The van der Waals surface area contributed by atoms with Gasteiger partial charge in [0, 0.05) is 23.7 Å². The molecule has 3 aromatic carbocycles. The van der Waals surface area contributed by atoms with Crippen molar-refractivity contribution in [3.63, 3.8) is 0 Å². The molecule has 0 bridgehead atoms. The van der Waals surface area contributed by atoms with Crippen molar-refractivity contribution in [1.29, 1.82) is 0 Å². The molecular weight excluding hydrogens is 436 g/mol. The molecular formula is C26H24N2O6. The topological polar surface area (TPSA) is 125 Å². The maximum absolute atomic E-state index is 12.5. The molecule has 8 heteroatoms. The summed E-state index contributed by atoms with van der Waals surface area (Å²) in [5.41, 5.74) is 5.12. The minimum atomic E-state index is -1.19. The predicted molar refractivity (Wildman–Crippen MR) is 126 cm³/mol. The summed E-state index contributed by atoms with van der Waals surface area (Å²) in [6.07, 6.45) is -2.30. The van der Waals surface area contributed by atoms with Crippen molar-refractivity contribution in [2.24, 2.45) is 0 Å². The number of aliphatic hydroxyl groups excluding tert-OH is 1. The van der Waals surface area contributed by atoms with Crippen LogP contribution in [-0.2, 0) is 9.53 Å². The van der Waals surface area contributed by atoms with Crippen LogP contribution in [0.4, 0.5) is 10.5 Å². The Labute approximate surface area is 196 Å². The third-order valence-electron chi connectivity index (χ3n) is 5.62. The van der Waals surface area contributed by atoms with E-state index in [1.54, 1.807) is 18.2 Å². The number of hydrogen-bond donors (Lipinski definition) is 4. The largest absolute Gasteiger partial charge is 0.481 e. The van der Waals surface area contributed by atoms with Crippen LogP contribution >= 0.6 is 0 Å². The molecule has 1 unspecified atom stereocenters. The summed E-state index contributed by atoms with van der Waals surface area (Å²) in [6.45, 7) is -0.0311. The highest BCUT2D eigenvalue weighted by molar-refractivity contribution is 5.96. The Bertz CT molecular complexity index is 1180. The highest BCUT2D eigenvalue weighted by Gasteiger charge is 2.29. The number of carbonyl (C=O) groups is 3. The Hall–Kier alpha value is -4.17. The minimum absolute atomic E-state index is 0.0625. The average Bonchev–Trinajstić information content (AvgIpc) is 3.15. The number of carbonyl (C=O) groups excluding carboxylic acids is 2. The van der Waals surface area contributed by atoms with Gasteiger partial charge in [-0.25, -0.2) is 4.79 Å². The first kappa shape index (κ1) is 23.0. The van der Waals surface area contributed by atoms with Crippen molar-refractivity contribution in [1.82, 2.24) is 5.32 Å². The summed E-state index contributed by atoms with van der Waals surface area (Å²) < 4.78 is 5.52. The molecule has 0 aliphatic heterocycles. The van der Waals surface area contributed by atoms with Crippen molar-refractivity contribution in [2.75, 3.05) is 18.5 Å². The van der Waals surface area contributed by atoms with E-state index in [1.165, 1.54) is 6.07 Å². The van der Waals surface area contributed by atoms with E-state index in [0.717, 1.165) is 22.3 Å². The second-order valence-electron chi connectivity index (χ2n) is 7.99. The molecule has 1 aliphatic carbocycles. The smallest absolute Gasteiger partial charge is 0.411 e. The predicted octanol–water partition coefficient (Wildman–Crippen LogP) is 3.61. The van der Waals surface area contributed by atoms with Gasteiger partial charge in [0.25, 0.3) is 5.91 Å². The number of benzene rings is 3. The number of amides is 2. The van der Waals surface area contributed by atoms with Crippen molar-refractivity contribution in [3.8, 4) is 11.1 Å². The average molecular weight is 460 g/mol. The van der Waals surface area contributed by atoms with E-state index in [-0.39, 0.29) is 24.6 Å². The molecule has 1 atom stereocenters. The van der Waals surface area contributed by atoms with E-state index in [0.29, 0.717) is 5.69 Å². The van der Waals surface area contributed by atoms with Gasteiger partial charge in [-0.2, -0.15) is 0 Å². The number of carboxylic acids is 1. The first-order valence-electron chi connectivity index (χ1n) is 10.8. The fourth-order valence-electron chi connectivity index (χ4n) is 4.08. The van der Waals surface area contributed by atoms with Crippen LogP contribution in [0.15, 0.2) is 72.8 Å². The Morgan fingerprint density at radius 3 is 2.21 bits per heavy atom. The van der Waals surface area contributed by atoms with Gasteiger partial charge in [-0.1, -0.05) is 54.6 Å². The van der Waals surface area contributed by atoms with Gasteiger partial charge in [0.05, 0.1) is 12.5 Å². The lowest BCUT2D eigenvalue weighted by Gasteiger charge is -2.15. The van der Waals surface area contributed by atoms with Crippen LogP contribution in [0.1, 0.15) is 33.8 Å². The molecule has 8 nitrogen and oxygen atoms in total. The lowest BCUT2D eigenvalue weighted by atomic mass is 9.98. The minimum Gasteiger partial charge on any atom is -0.481 e. The molecule has 0 aromatic heterocycles. The normalized spacial score (nSPS) is 12.9. The number of aliphatic hydroxyl groups is 1. The van der Waals surface area contributed by atoms with Gasteiger partial charge in [0.1, 0.15) is 6.61 Å². The molecule has 0 saturated heterocycles. The maximum Gasteiger partial charge on any atom is 0.411 e. The Morgan fingerprint density at radius 1 is 0.912 bits per heavy atom. The fraction of sp³-hybridized carbons (Fsp3) is 0.192. The van der Waals surface area contributed by atoms with Crippen molar-refractivity contribution >= 4 is 23.7 Å². The second kappa shape index (κ2) is 10.2. The van der Waals surface area contributed by atoms with Crippen molar-refractivity contribution < 1.29 is 29.3 Å². The lowest BCUT2D eigenvalue weighted by molar-refractivity contribution is -0.139. The standard InChI is InChI=1S/C26H24N2O6/c29-18(13-24(30)31)14-27-25(32)16-6-5-7-17(12-16)28-26(33)34-15-23-21-10-3-1-8-19(21)20-9-2-4-11-22(20)23/h1-12,18,23,29H,13-15H2,(H,27,32)(H,28,33)(H,30,31). The molecule has 0 heterocycles. The van der Waals surface area contributed by atoms with Gasteiger partial charge in [-0.15, -0.1) is 0 Å². The Balaban J connectivity index is 1.35. The fourth-order valence-corrected chi connectivity index (χ4v) is 4.08. The first-order chi connectivity index (χ1) is 16.4. The van der Waals surface area contributed by atoms with Crippen LogP contribution in [0.3, 0.4) is 0 Å². The molecule has 4 rings (SSSR count). The molecule has 2 amide bonds. The van der Waals surface area contributed by atoms with Crippen LogP contribution in [0.25, 0.3) is 11.1 Å². The summed E-state index contributed by atoms with van der Waals surface area (Å²) in [7, 11) is 0. The molecule has 174 valence electrons. The number of hydrogen-bond acceptors (Lipinski definition) is 5. The van der Waals surface area contributed by atoms with E-state index in [9.17, 15) is 19.5 Å². The molecule has 0 fully saturated rings. The highest BCUT2D eigenvalue weighted by atomic mass is 16.5. The van der Waals surface area contributed by atoms with E-state index in [2.05, 4.69) is 22.8 Å². The SMILES string of the molecule is O=C(O)CC(O)CNC(=O)c1cccc(NC(=O)OCC2c3ccccc3-c3ccccc32)c1. The zero-order valence-electron chi connectivity index (χ0n) is 18.2. The summed E-state index contributed by atoms with van der Waals surface area (Å²) in [4.78, 5) is 35.4. The maximum atomic E-state index is 12.5. The van der Waals surface area contributed by atoms with Crippen LogP contribution < -0.4 is 10.6 Å². The highest BCUT2D eigenvalue weighted by Crippen LogP contribution is 2.44. The molecule has 0 saturated carbocycles. The van der Waals surface area contributed by atoms with Crippen LogP contribution in [-0.4, -0.2) is 47.4 Å². The van der Waals surface area contributed by atoms with Crippen molar-refractivity contribution in [3.05, 3.63) is 89.5 Å². The number of anilines is 1. The van der Waals surface area contributed by atoms with E-state index < -0.39 is 30.5 Å². The van der Waals surface area contributed by atoms with Crippen LogP contribution in [0, 0.1) is 0 Å². The number of nitrogens with one attached hydrogen (secondary N) is 2. The summed E-state index contributed by atoms with van der Waals surface area (Å²) in [5.74, 6) is -1.72. The molecule has 0 spiro atoms. The number of rotatable bonds is 8. The van der Waals surface area contributed by atoms with Crippen LogP contribution in [0.5, 0.6) is 0 Å². The van der Waals surface area contributed by atoms with Gasteiger partial charge in [0.2, 0.25) is 0 Å². The Morgan fingerprint density at radius 2 is 1.56 bits per heavy atom. The zero-order chi connectivity index (χ0) is 24.1. The number of ether oxygens (including phenoxy) is 1. The monoisotopic (exact) mass is 460 g/mol. The van der Waals surface area contributed by atoms with Gasteiger partial charge in [0.15, 0.2) is 0 Å². The van der Waals surface area contributed by atoms with Crippen molar-refractivity contribution in [2.45, 2.75) is 18.4 Å². The molecule has 0 radical (unpaired) electrons. The summed E-state index contributed by atoms with van der Waals surface area (Å²) >= 11 is 0. The number of carboxylic acid groups (broad SMARTS) is 1. The number of aliphatic carboxylic acids is 1. The van der Waals surface area contributed by atoms with E-state index in [4.69, 9.17) is 9.84 Å². The molecule has 4 N–H and O–H groups in total. The molecule has 1 aliphatic rings. The quantitative estimate of drug-likeness (QED) is 0.407. The molecule has 34 heavy (non-hydrogen) atoms. The number of fused-ring (bicyclic) bond motifs is 3. The van der Waals surface area contributed by atoms with Gasteiger partial charge in [-0.05, 0) is 40.5 Å². The van der Waals surface area contributed by atoms with Gasteiger partial charge >= 0.3 is 12.1 Å². The summed E-state index contributed by atoms with van der Waals surface area (Å²) in [6, 6.07) is 22.3. The summed E-state index contributed by atoms with van der Waals surface area (Å²) in [5, 5.41) is 23.4. The third kappa shape index (κ3) is 5.24. The van der Waals surface area contributed by atoms with Gasteiger partial charge in [-0.3, -0.25) is 14.9 Å². The van der Waals surface area contributed by atoms with Gasteiger partial charge < -0.3 is 20.3 Å². The Kier molecular flexibility index (Phi) is 6.89. The second-order valence-corrected chi connectivity index (χ2v) is 7.99. The van der Waals surface area contributed by atoms with E-state index >= 15 is 0 Å².